The second-order valence-corrected chi connectivity index (χ2v) is 14.4. The maximum atomic E-state index is 16.4. The van der Waals surface area contributed by atoms with Crippen LogP contribution in [0.3, 0.4) is 0 Å². The Morgan fingerprint density at radius 2 is 1.55 bits per heavy atom. The summed E-state index contributed by atoms with van der Waals surface area (Å²) in [5.41, 5.74) is 1.64. The average molecular weight is 705 g/mol. The van der Waals surface area contributed by atoms with Gasteiger partial charge in [-0.1, -0.05) is 75.9 Å². The molecule has 1 amide bonds. The molecule has 6 rings (SSSR count). The Morgan fingerprint density at radius 3 is 2.20 bits per heavy atom. The maximum Gasteiger partial charge on any atom is 0.236 e. The zero-order valence-corrected chi connectivity index (χ0v) is 30.5. The van der Waals surface area contributed by atoms with Crippen molar-refractivity contribution in [3.05, 3.63) is 83.4 Å². The van der Waals surface area contributed by atoms with E-state index in [1.165, 1.54) is 6.07 Å². The van der Waals surface area contributed by atoms with Crippen LogP contribution in [-0.4, -0.2) is 45.6 Å². The van der Waals surface area contributed by atoms with E-state index in [2.05, 4.69) is 18.7 Å². The molecule has 276 valence electrons. The van der Waals surface area contributed by atoms with Crippen molar-refractivity contribution in [2.24, 2.45) is 11.3 Å². The summed E-state index contributed by atoms with van der Waals surface area (Å²) in [5, 5.41) is 0. The SMILES string of the molecule is CCCCOC(CC1CCN(c2cc(OC)c([C@@H]3N(c4cccc(F)c4OCc4ccccc4)C(=O)C34CCCC4)cc2F)CC1)OCCCC. The number of amides is 1. The lowest BCUT2D eigenvalue weighted by Crippen LogP contribution is -2.62. The van der Waals surface area contributed by atoms with E-state index in [9.17, 15) is 4.79 Å². The summed E-state index contributed by atoms with van der Waals surface area (Å²) < 4.78 is 56.0. The summed E-state index contributed by atoms with van der Waals surface area (Å²) in [5.74, 6) is -0.00491. The number of rotatable bonds is 17. The highest BCUT2D eigenvalue weighted by atomic mass is 19.1. The van der Waals surface area contributed by atoms with Crippen LogP contribution in [0.15, 0.2) is 60.7 Å². The van der Waals surface area contributed by atoms with E-state index in [1.54, 1.807) is 36.3 Å². The van der Waals surface area contributed by atoms with Crippen molar-refractivity contribution in [2.45, 2.75) is 103 Å². The van der Waals surface area contributed by atoms with E-state index in [4.69, 9.17) is 18.9 Å². The van der Waals surface area contributed by atoms with Gasteiger partial charge in [-0.05, 0) is 68.2 Å². The van der Waals surface area contributed by atoms with Crippen LogP contribution in [0.5, 0.6) is 11.5 Å². The van der Waals surface area contributed by atoms with Crippen molar-refractivity contribution < 1.29 is 32.5 Å². The largest absolute Gasteiger partial charge is 0.496 e. The summed E-state index contributed by atoms with van der Waals surface area (Å²) in [6.45, 7) is 7.30. The van der Waals surface area contributed by atoms with Gasteiger partial charge in [-0.3, -0.25) is 9.69 Å². The van der Waals surface area contributed by atoms with Crippen molar-refractivity contribution in [2.75, 3.05) is 43.2 Å². The molecule has 1 aliphatic carbocycles. The van der Waals surface area contributed by atoms with Gasteiger partial charge in [-0.2, -0.15) is 0 Å². The zero-order valence-electron chi connectivity index (χ0n) is 30.5. The van der Waals surface area contributed by atoms with Gasteiger partial charge in [0.15, 0.2) is 17.9 Å². The summed E-state index contributed by atoms with van der Waals surface area (Å²) >= 11 is 0. The highest BCUT2D eigenvalue weighted by Crippen LogP contribution is 2.63. The molecule has 0 aromatic heterocycles. The van der Waals surface area contributed by atoms with Gasteiger partial charge in [0.2, 0.25) is 5.91 Å². The number of piperidine rings is 1. The Hall–Kier alpha value is -3.69. The quantitative estimate of drug-likeness (QED) is 0.0793. The fourth-order valence-corrected chi connectivity index (χ4v) is 8.17. The number of nitrogens with zero attached hydrogens (tertiary/aromatic N) is 2. The Morgan fingerprint density at radius 1 is 0.863 bits per heavy atom. The van der Waals surface area contributed by atoms with Crippen LogP contribution in [0.2, 0.25) is 0 Å². The van der Waals surface area contributed by atoms with Crippen LogP contribution in [0, 0.1) is 23.0 Å². The van der Waals surface area contributed by atoms with Crippen molar-refractivity contribution in [3.8, 4) is 11.5 Å². The van der Waals surface area contributed by atoms with Crippen molar-refractivity contribution in [1.82, 2.24) is 0 Å². The molecule has 3 fully saturated rings. The predicted molar refractivity (Wildman–Crippen MR) is 196 cm³/mol. The monoisotopic (exact) mass is 704 g/mol. The van der Waals surface area contributed by atoms with Gasteiger partial charge >= 0.3 is 0 Å². The Bertz CT molecular complexity index is 1580. The molecular formula is C42H54F2N2O5. The predicted octanol–water partition coefficient (Wildman–Crippen LogP) is 9.77. The molecule has 51 heavy (non-hydrogen) atoms. The number of benzene rings is 3. The third kappa shape index (κ3) is 8.05. The van der Waals surface area contributed by atoms with Gasteiger partial charge in [-0.15, -0.1) is 0 Å². The molecule has 9 heteroatoms. The van der Waals surface area contributed by atoms with Gasteiger partial charge in [0.1, 0.15) is 18.2 Å². The van der Waals surface area contributed by atoms with Crippen LogP contribution in [0.4, 0.5) is 20.2 Å². The van der Waals surface area contributed by atoms with Crippen molar-refractivity contribution in [1.29, 1.82) is 0 Å². The lowest BCUT2D eigenvalue weighted by atomic mass is 9.66. The zero-order chi connectivity index (χ0) is 35.8. The molecule has 2 saturated heterocycles. The molecule has 3 aromatic carbocycles. The second kappa shape index (κ2) is 17.2. The minimum Gasteiger partial charge on any atom is -0.496 e. The fourth-order valence-electron chi connectivity index (χ4n) is 8.17. The van der Waals surface area contributed by atoms with Crippen LogP contribution < -0.4 is 19.3 Å². The van der Waals surface area contributed by atoms with Crippen LogP contribution in [0.1, 0.15) is 102 Å². The van der Waals surface area contributed by atoms with Crippen LogP contribution in [-0.2, 0) is 20.9 Å². The molecule has 1 saturated carbocycles. The number of carbonyl (C=O) groups is 1. The number of para-hydroxylation sites is 1. The molecule has 0 radical (unpaired) electrons. The van der Waals surface area contributed by atoms with E-state index < -0.39 is 17.3 Å². The van der Waals surface area contributed by atoms with Crippen molar-refractivity contribution in [3.63, 3.8) is 0 Å². The highest BCUT2D eigenvalue weighted by Gasteiger charge is 2.63. The number of halogens is 2. The standard InChI is InChI=1S/C42H54F2N2O5/c1-4-6-24-49-38(50-25-7-5-2)26-30-18-22-45(23-19-30)36-28-37(48-3)32(27-34(36)44)40-42(20-11-12-21-42)41(47)46(40)35-17-13-16-33(43)39(35)51-29-31-14-9-8-10-15-31/h8-10,13-17,27-28,30,38,40H,4-7,11-12,18-26,29H2,1-3H3/t40-/m0/s1. The first-order valence-electron chi connectivity index (χ1n) is 19.0. The molecule has 2 heterocycles. The fraction of sp³-hybridized carbons (Fsp3) is 0.548. The van der Waals surface area contributed by atoms with Crippen molar-refractivity contribution >= 4 is 17.3 Å². The third-order valence-corrected chi connectivity index (χ3v) is 11.0. The minimum atomic E-state index is -0.697. The van der Waals surface area contributed by atoms with Gasteiger partial charge < -0.3 is 23.8 Å². The number of carbonyl (C=O) groups excluding carboxylic acids is 1. The second-order valence-electron chi connectivity index (χ2n) is 14.4. The number of anilines is 2. The molecule has 3 aliphatic rings. The third-order valence-electron chi connectivity index (χ3n) is 11.0. The number of hydrogen-bond donors (Lipinski definition) is 0. The molecule has 7 nitrogen and oxygen atoms in total. The molecule has 0 bridgehead atoms. The molecule has 3 aromatic rings. The molecule has 2 aliphatic heterocycles. The molecular weight excluding hydrogens is 650 g/mol. The average Bonchev–Trinajstić information content (AvgIpc) is 3.67. The number of methoxy groups -OCH3 is 1. The molecule has 0 unspecified atom stereocenters. The summed E-state index contributed by atoms with van der Waals surface area (Å²) in [7, 11) is 1.59. The first kappa shape index (κ1) is 37.1. The van der Waals surface area contributed by atoms with E-state index in [0.29, 0.717) is 67.8 Å². The van der Waals surface area contributed by atoms with Crippen LogP contribution >= 0.6 is 0 Å². The lowest BCUT2D eigenvalue weighted by molar-refractivity contribution is -0.154. The Balaban J connectivity index is 1.22. The van der Waals surface area contributed by atoms with E-state index >= 15 is 8.78 Å². The Labute approximate surface area is 302 Å². The number of hydrogen-bond acceptors (Lipinski definition) is 6. The summed E-state index contributed by atoms with van der Waals surface area (Å²) in [4.78, 5) is 17.9. The first-order chi connectivity index (χ1) is 24.9. The number of β-lactam (4-membered cyclic amide) rings is 1. The van der Waals surface area contributed by atoms with E-state index in [0.717, 1.165) is 63.4 Å². The number of unbranched alkanes of at least 4 members (excludes halogenated alkanes) is 2. The molecule has 1 atom stereocenters. The van der Waals surface area contributed by atoms with Gasteiger partial charge in [-0.25, -0.2) is 8.78 Å². The smallest absolute Gasteiger partial charge is 0.236 e. The Kier molecular flexibility index (Phi) is 12.5. The normalized spacial score (nSPS) is 18.9. The lowest BCUT2D eigenvalue weighted by Gasteiger charge is -2.55. The van der Waals surface area contributed by atoms with E-state index in [1.807, 2.05) is 30.3 Å². The molecule has 0 N–H and O–H groups in total. The topological polar surface area (TPSA) is 60.5 Å². The summed E-state index contributed by atoms with van der Waals surface area (Å²) in [6.07, 6.45) is 9.85. The van der Waals surface area contributed by atoms with Gasteiger partial charge in [0.25, 0.3) is 0 Å². The highest BCUT2D eigenvalue weighted by molar-refractivity contribution is 6.07. The minimum absolute atomic E-state index is 0.0141. The maximum absolute atomic E-state index is 16.4. The number of ether oxygens (including phenoxy) is 4. The first-order valence-corrected chi connectivity index (χ1v) is 19.0. The van der Waals surface area contributed by atoms with Gasteiger partial charge in [0, 0.05) is 44.4 Å². The van der Waals surface area contributed by atoms with Gasteiger partial charge in [0.05, 0.1) is 29.9 Å². The summed E-state index contributed by atoms with van der Waals surface area (Å²) in [6, 6.07) is 17.0. The molecule has 1 spiro atoms. The van der Waals surface area contributed by atoms with E-state index in [-0.39, 0.29) is 30.4 Å². The van der Waals surface area contributed by atoms with Crippen LogP contribution in [0.25, 0.3) is 0 Å².